The Morgan fingerprint density at radius 1 is 1.16 bits per heavy atom. The first-order valence-corrected chi connectivity index (χ1v) is 5.34. The number of pyridine rings is 1. The van der Waals surface area contributed by atoms with Crippen LogP contribution in [0.2, 0.25) is 0 Å². The van der Waals surface area contributed by atoms with E-state index in [2.05, 4.69) is 10.3 Å². The fourth-order valence-corrected chi connectivity index (χ4v) is 1.53. The zero-order chi connectivity index (χ0) is 13.8. The lowest BCUT2D eigenvalue weighted by Gasteiger charge is -2.08. The molecule has 1 aromatic carbocycles. The van der Waals surface area contributed by atoms with Gasteiger partial charge in [-0.3, -0.25) is 0 Å². The van der Waals surface area contributed by atoms with Crippen LogP contribution >= 0.6 is 0 Å². The van der Waals surface area contributed by atoms with Crippen molar-refractivity contribution in [2.75, 3.05) is 5.32 Å². The minimum Gasteiger partial charge on any atom is -0.378 e. The zero-order valence-electron chi connectivity index (χ0n) is 9.62. The largest absolute Gasteiger partial charge is 0.378 e. The molecule has 0 saturated heterocycles. The van der Waals surface area contributed by atoms with Crippen molar-refractivity contribution in [3.05, 3.63) is 59.2 Å². The summed E-state index contributed by atoms with van der Waals surface area (Å²) in [7, 11) is 0. The molecule has 19 heavy (non-hydrogen) atoms. The van der Waals surface area contributed by atoms with Gasteiger partial charge in [-0.15, -0.1) is 0 Å². The van der Waals surface area contributed by atoms with Crippen molar-refractivity contribution in [2.24, 2.45) is 0 Å². The predicted molar refractivity (Wildman–Crippen MR) is 62.6 cm³/mol. The molecule has 96 valence electrons. The van der Waals surface area contributed by atoms with Crippen molar-refractivity contribution in [1.82, 2.24) is 4.98 Å². The van der Waals surface area contributed by atoms with Crippen molar-refractivity contribution in [1.29, 1.82) is 5.26 Å². The van der Waals surface area contributed by atoms with Gasteiger partial charge < -0.3 is 5.32 Å². The molecule has 0 unspecified atom stereocenters. The van der Waals surface area contributed by atoms with Crippen LogP contribution in [0.1, 0.15) is 11.3 Å². The van der Waals surface area contributed by atoms with Gasteiger partial charge in [-0.25, -0.2) is 18.2 Å². The van der Waals surface area contributed by atoms with Crippen molar-refractivity contribution in [3.63, 3.8) is 0 Å². The molecule has 0 radical (unpaired) electrons. The summed E-state index contributed by atoms with van der Waals surface area (Å²) in [6.45, 7) is 0.0821. The highest BCUT2D eigenvalue weighted by atomic mass is 19.2. The molecule has 1 heterocycles. The Hall–Kier alpha value is -2.55. The van der Waals surface area contributed by atoms with Gasteiger partial charge in [-0.05, 0) is 6.07 Å². The smallest absolute Gasteiger partial charge is 0.161 e. The lowest BCUT2D eigenvalue weighted by atomic mass is 10.2. The van der Waals surface area contributed by atoms with Crippen LogP contribution in [0.3, 0.4) is 0 Å². The predicted octanol–water partition coefficient (Wildman–Crippen LogP) is 2.98. The number of nitrogens with zero attached hydrogens (tertiary/aromatic N) is 2. The van der Waals surface area contributed by atoms with E-state index >= 15 is 0 Å². The molecule has 0 bridgehead atoms. The average Bonchev–Trinajstić information content (AvgIpc) is 2.41. The Kier molecular flexibility index (Phi) is 3.66. The summed E-state index contributed by atoms with van der Waals surface area (Å²) in [6, 6.07) is 6.34. The number of anilines is 1. The van der Waals surface area contributed by atoms with E-state index in [-0.39, 0.29) is 17.9 Å². The van der Waals surface area contributed by atoms with Crippen LogP contribution in [-0.4, -0.2) is 4.98 Å². The van der Waals surface area contributed by atoms with Crippen LogP contribution in [-0.2, 0) is 6.54 Å². The van der Waals surface area contributed by atoms with Gasteiger partial charge in [-0.2, -0.15) is 5.26 Å². The molecule has 0 aliphatic rings. The summed E-state index contributed by atoms with van der Waals surface area (Å²) in [5.74, 6) is -3.29. The molecular formula is C13H8F3N3. The van der Waals surface area contributed by atoms with E-state index in [0.717, 1.165) is 6.07 Å². The van der Waals surface area contributed by atoms with Crippen molar-refractivity contribution in [2.45, 2.75) is 6.54 Å². The van der Waals surface area contributed by atoms with Gasteiger partial charge in [0.25, 0.3) is 0 Å². The standard InChI is InChI=1S/C13H8F3N3/c14-9-4-11(16)12(5-10(9)15)19-7-8-2-1-3-18-13(8)6-17/h1-5,19H,7H2. The molecule has 6 heteroatoms. The fourth-order valence-electron chi connectivity index (χ4n) is 1.53. The Balaban J connectivity index is 2.20. The van der Waals surface area contributed by atoms with Crippen LogP contribution in [0.15, 0.2) is 30.5 Å². The number of benzene rings is 1. The molecule has 1 aromatic heterocycles. The molecule has 2 rings (SSSR count). The topological polar surface area (TPSA) is 48.7 Å². The van der Waals surface area contributed by atoms with Gasteiger partial charge >= 0.3 is 0 Å². The maximum atomic E-state index is 13.4. The summed E-state index contributed by atoms with van der Waals surface area (Å²) in [5, 5.41) is 11.4. The number of aromatic nitrogens is 1. The number of hydrogen-bond donors (Lipinski definition) is 1. The molecule has 1 N–H and O–H groups in total. The Morgan fingerprint density at radius 2 is 1.89 bits per heavy atom. The van der Waals surface area contributed by atoms with E-state index in [1.807, 2.05) is 6.07 Å². The van der Waals surface area contributed by atoms with Crippen LogP contribution < -0.4 is 5.32 Å². The summed E-state index contributed by atoms with van der Waals surface area (Å²) >= 11 is 0. The van der Waals surface area contributed by atoms with Crippen LogP contribution in [0.25, 0.3) is 0 Å². The SMILES string of the molecule is N#Cc1ncccc1CNc1cc(F)c(F)cc1F. The van der Waals surface area contributed by atoms with E-state index in [1.165, 1.54) is 6.20 Å². The minimum atomic E-state index is -1.25. The zero-order valence-corrected chi connectivity index (χ0v) is 9.62. The van der Waals surface area contributed by atoms with E-state index < -0.39 is 17.5 Å². The second-order valence-corrected chi connectivity index (χ2v) is 3.72. The van der Waals surface area contributed by atoms with Crippen molar-refractivity contribution >= 4 is 5.69 Å². The number of nitriles is 1. The van der Waals surface area contributed by atoms with E-state index in [1.54, 1.807) is 12.1 Å². The van der Waals surface area contributed by atoms with E-state index in [0.29, 0.717) is 11.6 Å². The van der Waals surface area contributed by atoms with E-state index in [9.17, 15) is 13.2 Å². The fraction of sp³-hybridized carbons (Fsp3) is 0.0769. The van der Waals surface area contributed by atoms with Gasteiger partial charge in [0.1, 0.15) is 17.6 Å². The molecule has 0 fully saturated rings. The third-order valence-electron chi connectivity index (χ3n) is 2.48. The first-order chi connectivity index (χ1) is 9.11. The van der Waals surface area contributed by atoms with Gasteiger partial charge in [0.15, 0.2) is 11.6 Å². The summed E-state index contributed by atoms with van der Waals surface area (Å²) in [6.07, 6.45) is 1.46. The molecule has 3 nitrogen and oxygen atoms in total. The highest BCUT2D eigenvalue weighted by molar-refractivity contribution is 5.46. The normalized spacial score (nSPS) is 10.0. The highest BCUT2D eigenvalue weighted by Gasteiger charge is 2.10. The van der Waals surface area contributed by atoms with Crippen LogP contribution in [0.4, 0.5) is 18.9 Å². The summed E-state index contributed by atoms with van der Waals surface area (Å²) in [4.78, 5) is 3.83. The van der Waals surface area contributed by atoms with Crippen LogP contribution in [0.5, 0.6) is 0 Å². The van der Waals surface area contributed by atoms with Gasteiger partial charge in [-0.1, -0.05) is 6.07 Å². The number of halogens is 3. The second kappa shape index (κ2) is 5.40. The Morgan fingerprint density at radius 3 is 2.63 bits per heavy atom. The molecular weight excluding hydrogens is 255 g/mol. The molecule has 2 aromatic rings. The summed E-state index contributed by atoms with van der Waals surface area (Å²) < 4.78 is 39.1. The Bertz CT molecular complexity index is 650. The second-order valence-electron chi connectivity index (χ2n) is 3.72. The van der Waals surface area contributed by atoms with Crippen molar-refractivity contribution < 1.29 is 13.2 Å². The monoisotopic (exact) mass is 263 g/mol. The molecule has 0 spiro atoms. The van der Waals surface area contributed by atoms with Crippen LogP contribution in [0, 0.1) is 28.8 Å². The maximum absolute atomic E-state index is 13.4. The third kappa shape index (κ3) is 2.83. The maximum Gasteiger partial charge on any atom is 0.161 e. The first-order valence-electron chi connectivity index (χ1n) is 5.34. The minimum absolute atomic E-state index is 0.0821. The lowest BCUT2D eigenvalue weighted by molar-refractivity contribution is 0.496. The molecule has 0 aliphatic heterocycles. The Labute approximate surface area is 107 Å². The number of rotatable bonds is 3. The van der Waals surface area contributed by atoms with Gasteiger partial charge in [0.05, 0.1) is 5.69 Å². The number of hydrogen-bond acceptors (Lipinski definition) is 3. The lowest BCUT2D eigenvalue weighted by Crippen LogP contribution is -2.05. The van der Waals surface area contributed by atoms with Crippen molar-refractivity contribution in [3.8, 4) is 6.07 Å². The third-order valence-corrected chi connectivity index (χ3v) is 2.48. The first kappa shape index (κ1) is 12.9. The number of nitrogens with one attached hydrogen (secondary N) is 1. The molecule has 0 amide bonds. The van der Waals surface area contributed by atoms with Gasteiger partial charge in [0.2, 0.25) is 0 Å². The highest BCUT2D eigenvalue weighted by Crippen LogP contribution is 2.19. The summed E-state index contributed by atoms with van der Waals surface area (Å²) in [5.41, 5.74) is 0.554. The molecule has 0 aliphatic carbocycles. The van der Waals surface area contributed by atoms with Gasteiger partial charge in [0, 0.05) is 30.4 Å². The quantitative estimate of drug-likeness (QED) is 0.866. The molecule has 0 saturated carbocycles. The average molecular weight is 263 g/mol. The van der Waals surface area contributed by atoms with E-state index in [4.69, 9.17) is 5.26 Å². The molecule has 0 atom stereocenters.